The molecule has 0 saturated heterocycles. The van der Waals surface area contributed by atoms with Crippen LogP contribution in [0.1, 0.15) is 5.56 Å². The molecule has 0 bridgehead atoms. The quantitative estimate of drug-likeness (QED) is 0.675. The van der Waals surface area contributed by atoms with Crippen LogP contribution in [0.15, 0.2) is 76.5 Å². The Morgan fingerprint density at radius 3 is 2.11 bits per heavy atom. The van der Waals surface area contributed by atoms with E-state index in [9.17, 15) is 4.21 Å². The normalized spacial score (nSPS) is 12.5. The maximum atomic E-state index is 12.5. The van der Waals surface area contributed by atoms with Crippen molar-refractivity contribution in [3.05, 3.63) is 72.3 Å². The van der Waals surface area contributed by atoms with Gasteiger partial charge in [-0.15, -0.1) is 0 Å². The Balaban J connectivity index is 2.04. The van der Waals surface area contributed by atoms with Gasteiger partial charge < -0.3 is 0 Å². The SMILES string of the molecule is Cc1ccc(S(=O)c2ccc3ccccc3c2)cc1. The van der Waals surface area contributed by atoms with Crippen molar-refractivity contribution in [2.45, 2.75) is 16.7 Å². The van der Waals surface area contributed by atoms with Crippen LogP contribution >= 0.6 is 0 Å². The van der Waals surface area contributed by atoms with Gasteiger partial charge in [-0.1, -0.05) is 48.0 Å². The van der Waals surface area contributed by atoms with Crippen LogP contribution in [0.25, 0.3) is 10.8 Å². The second-order valence-corrected chi connectivity index (χ2v) is 6.07. The summed E-state index contributed by atoms with van der Waals surface area (Å²) in [6, 6.07) is 21.9. The van der Waals surface area contributed by atoms with E-state index in [2.05, 4.69) is 6.07 Å². The molecule has 3 rings (SSSR count). The van der Waals surface area contributed by atoms with Crippen molar-refractivity contribution in [1.29, 1.82) is 0 Å². The number of hydrogen-bond acceptors (Lipinski definition) is 1. The number of aryl methyl sites for hydroxylation is 1. The van der Waals surface area contributed by atoms with Crippen LogP contribution in [0.2, 0.25) is 0 Å². The van der Waals surface area contributed by atoms with E-state index >= 15 is 0 Å². The summed E-state index contributed by atoms with van der Waals surface area (Å²) in [7, 11) is -1.11. The second-order valence-electron chi connectivity index (χ2n) is 4.59. The molecular weight excluding hydrogens is 252 g/mol. The van der Waals surface area contributed by atoms with Crippen LogP contribution in [0.3, 0.4) is 0 Å². The number of rotatable bonds is 2. The molecule has 2 heteroatoms. The molecule has 0 heterocycles. The smallest absolute Gasteiger partial charge is 0.0849 e. The Labute approximate surface area is 115 Å². The number of fused-ring (bicyclic) bond motifs is 1. The van der Waals surface area contributed by atoms with E-state index in [4.69, 9.17) is 0 Å². The molecule has 0 aliphatic heterocycles. The van der Waals surface area contributed by atoms with Crippen molar-refractivity contribution in [3.8, 4) is 0 Å². The third-order valence-corrected chi connectivity index (χ3v) is 4.55. The molecular formula is C17H14OS. The van der Waals surface area contributed by atoms with Crippen molar-refractivity contribution >= 4 is 21.6 Å². The minimum Gasteiger partial charge on any atom is -0.249 e. The summed E-state index contributed by atoms with van der Waals surface area (Å²) in [6.07, 6.45) is 0. The predicted octanol–water partition coefficient (Wildman–Crippen LogP) is 4.31. The Bertz CT molecular complexity index is 745. The van der Waals surface area contributed by atoms with Gasteiger partial charge in [-0.05, 0) is 42.0 Å². The van der Waals surface area contributed by atoms with Gasteiger partial charge in [0.25, 0.3) is 0 Å². The van der Waals surface area contributed by atoms with Gasteiger partial charge >= 0.3 is 0 Å². The highest BCUT2D eigenvalue weighted by atomic mass is 32.2. The zero-order valence-corrected chi connectivity index (χ0v) is 11.5. The molecule has 94 valence electrons. The zero-order chi connectivity index (χ0) is 13.2. The summed E-state index contributed by atoms with van der Waals surface area (Å²) >= 11 is 0. The van der Waals surface area contributed by atoms with Crippen LogP contribution in [0.5, 0.6) is 0 Å². The summed E-state index contributed by atoms with van der Waals surface area (Å²) in [5, 5.41) is 2.30. The molecule has 0 N–H and O–H groups in total. The summed E-state index contributed by atoms with van der Waals surface area (Å²) in [4.78, 5) is 1.70. The molecule has 19 heavy (non-hydrogen) atoms. The molecule has 1 atom stereocenters. The molecule has 0 aromatic heterocycles. The highest BCUT2D eigenvalue weighted by Crippen LogP contribution is 2.21. The van der Waals surface area contributed by atoms with E-state index in [0.29, 0.717) is 0 Å². The topological polar surface area (TPSA) is 17.1 Å². The molecule has 1 nitrogen and oxygen atoms in total. The molecule has 0 aliphatic rings. The van der Waals surface area contributed by atoms with Crippen LogP contribution < -0.4 is 0 Å². The van der Waals surface area contributed by atoms with Gasteiger partial charge in [-0.2, -0.15) is 0 Å². The van der Waals surface area contributed by atoms with E-state index in [1.807, 2.05) is 67.6 Å². The molecule has 3 aromatic rings. The van der Waals surface area contributed by atoms with Crippen molar-refractivity contribution < 1.29 is 4.21 Å². The fourth-order valence-electron chi connectivity index (χ4n) is 2.08. The fourth-order valence-corrected chi connectivity index (χ4v) is 3.16. The average Bonchev–Trinajstić information content (AvgIpc) is 2.47. The molecule has 0 fully saturated rings. The van der Waals surface area contributed by atoms with Gasteiger partial charge in [0, 0.05) is 9.79 Å². The Kier molecular flexibility index (Phi) is 3.18. The summed E-state index contributed by atoms with van der Waals surface area (Å²) < 4.78 is 12.5. The maximum absolute atomic E-state index is 12.5. The molecule has 0 aliphatic carbocycles. The van der Waals surface area contributed by atoms with E-state index in [1.165, 1.54) is 10.9 Å². The molecule has 3 aromatic carbocycles. The minimum absolute atomic E-state index is 0.848. The van der Waals surface area contributed by atoms with Crippen molar-refractivity contribution in [2.24, 2.45) is 0 Å². The lowest BCUT2D eigenvalue weighted by Gasteiger charge is -2.05. The van der Waals surface area contributed by atoms with Crippen LogP contribution in [-0.4, -0.2) is 4.21 Å². The molecule has 1 unspecified atom stereocenters. The van der Waals surface area contributed by atoms with Crippen LogP contribution in [0, 0.1) is 6.92 Å². The van der Waals surface area contributed by atoms with E-state index in [1.54, 1.807) is 0 Å². The molecule has 0 amide bonds. The Morgan fingerprint density at radius 2 is 1.37 bits per heavy atom. The lowest BCUT2D eigenvalue weighted by atomic mass is 10.1. The highest BCUT2D eigenvalue weighted by molar-refractivity contribution is 7.85. The first-order valence-electron chi connectivity index (χ1n) is 6.21. The lowest BCUT2D eigenvalue weighted by molar-refractivity contribution is 0.683. The van der Waals surface area contributed by atoms with Crippen molar-refractivity contribution in [3.63, 3.8) is 0 Å². The standard InChI is InChI=1S/C17H14OS/c1-13-6-9-16(10-7-13)19(18)17-11-8-14-4-2-3-5-15(14)12-17/h2-12H,1H3. The monoisotopic (exact) mass is 266 g/mol. The third-order valence-electron chi connectivity index (χ3n) is 3.17. The first-order chi connectivity index (χ1) is 9.24. The summed E-state index contributed by atoms with van der Waals surface area (Å²) in [5.74, 6) is 0. The largest absolute Gasteiger partial charge is 0.249 e. The van der Waals surface area contributed by atoms with Gasteiger partial charge in [0.1, 0.15) is 0 Å². The predicted molar refractivity (Wildman–Crippen MR) is 79.8 cm³/mol. The fraction of sp³-hybridized carbons (Fsp3) is 0.0588. The molecule has 0 saturated carbocycles. The van der Waals surface area contributed by atoms with E-state index < -0.39 is 10.8 Å². The van der Waals surface area contributed by atoms with Gasteiger partial charge in [-0.3, -0.25) is 0 Å². The van der Waals surface area contributed by atoms with Crippen molar-refractivity contribution in [2.75, 3.05) is 0 Å². The zero-order valence-electron chi connectivity index (χ0n) is 10.7. The Hall–Kier alpha value is -1.93. The van der Waals surface area contributed by atoms with Crippen molar-refractivity contribution in [1.82, 2.24) is 0 Å². The maximum Gasteiger partial charge on any atom is 0.0849 e. The second kappa shape index (κ2) is 4.98. The van der Waals surface area contributed by atoms with Gasteiger partial charge in [-0.25, -0.2) is 4.21 Å². The average molecular weight is 266 g/mol. The first-order valence-corrected chi connectivity index (χ1v) is 7.36. The molecule has 0 spiro atoms. The third kappa shape index (κ3) is 2.45. The summed E-state index contributed by atoms with van der Waals surface area (Å²) in [5.41, 5.74) is 1.18. The van der Waals surface area contributed by atoms with Crippen LogP contribution in [0.4, 0.5) is 0 Å². The van der Waals surface area contributed by atoms with E-state index in [-0.39, 0.29) is 0 Å². The number of hydrogen-bond donors (Lipinski definition) is 0. The van der Waals surface area contributed by atoms with Gasteiger partial charge in [0.05, 0.1) is 10.8 Å². The minimum atomic E-state index is -1.11. The highest BCUT2D eigenvalue weighted by Gasteiger charge is 2.07. The molecule has 0 radical (unpaired) electrons. The van der Waals surface area contributed by atoms with E-state index in [0.717, 1.165) is 15.2 Å². The first kappa shape index (κ1) is 12.1. The Morgan fingerprint density at radius 1 is 0.737 bits per heavy atom. The van der Waals surface area contributed by atoms with Gasteiger partial charge in [0.15, 0.2) is 0 Å². The van der Waals surface area contributed by atoms with Gasteiger partial charge in [0.2, 0.25) is 0 Å². The summed E-state index contributed by atoms with van der Waals surface area (Å²) in [6.45, 7) is 2.03. The van der Waals surface area contributed by atoms with Crippen LogP contribution in [-0.2, 0) is 10.8 Å². The lowest BCUT2D eigenvalue weighted by Crippen LogP contribution is -1.92. The number of benzene rings is 3.